The second-order valence-corrected chi connectivity index (χ2v) is 9.04. The fourth-order valence-electron chi connectivity index (χ4n) is 4.16. The van der Waals surface area contributed by atoms with Crippen LogP contribution >= 0.6 is 0 Å². The molecule has 4 N–H and O–H groups in total. The molecule has 0 radical (unpaired) electrons. The molecule has 0 aliphatic carbocycles. The Balaban J connectivity index is 1.92. The monoisotopic (exact) mass is 547 g/mol. The molecular formula is C26H37N5O8. The van der Waals surface area contributed by atoms with Gasteiger partial charge >= 0.3 is 0 Å². The van der Waals surface area contributed by atoms with Gasteiger partial charge in [0.2, 0.25) is 23.5 Å². The Morgan fingerprint density at radius 2 is 1.77 bits per heavy atom. The number of rotatable bonds is 16. The van der Waals surface area contributed by atoms with Crippen molar-refractivity contribution in [2.75, 3.05) is 33.5 Å². The van der Waals surface area contributed by atoms with E-state index in [4.69, 9.17) is 9.57 Å². The van der Waals surface area contributed by atoms with Gasteiger partial charge in [0, 0.05) is 13.7 Å². The molecule has 39 heavy (non-hydrogen) atoms. The van der Waals surface area contributed by atoms with E-state index in [0.29, 0.717) is 31.4 Å². The fraction of sp³-hybridized carbons (Fsp3) is 0.538. The van der Waals surface area contributed by atoms with Crippen molar-refractivity contribution in [3.63, 3.8) is 0 Å². The van der Waals surface area contributed by atoms with Gasteiger partial charge in [-0.3, -0.25) is 33.6 Å². The third kappa shape index (κ3) is 9.85. The summed E-state index contributed by atoms with van der Waals surface area (Å²) in [7, 11) is 1.43. The molecule has 13 nitrogen and oxygen atoms in total. The molecule has 1 aliphatic rings. The van der Waals surface area contributed by atoms with Crippen LogP contribution in [0, 0.1) is 0 Å². The van der Waals surface area contributed by atoms with E-state index in [9.17, 15) is 28.8 Å². The number of methoxy groups -OCH3 is 1. The van der Waals surface area contributed by atoms with Gasteiger partial charge in [-0.1, -0.05) is 43.7 Å². The summed E-state index contributed by atoms with van der Waals surface area (Å²) in [5.74, 6) is -3.79. The fourth-order valence-corrected chi connectivity index (χ4v) is 4.16. The van der Waals surface area contributed by atoms with E-state index < -0.39 is 48.2 Å². The molecule has 3 atom stereocenters. The summed E-state index contributed by atoms with van der Waals surface area (Å²) in [5, 5.41) is 7.40. The molecule has 13 heteroatoms. The standard InChI is InChI=1S/C26H37N5O8/c1-4-9-19(29-25(36)20-12-8-13-31(20)22(34)15-28-39-16-38-3)24(35)26(37)27-14-21(33)30-23(17(2)32)18-10-6-5-7-11-18/h5-7,10-11,19-20,23,28H,4,8-9,12-16H2,1-3H3,(H,27,37)(H,29,36)(H,30,33)/t19?,20-,23?/m0/s1. The summed E-state index contributed by atoms with van der Waals surface area (Å²) in [4.78, 5) is 81.6. The zero-order valence-electron chi connectivity index (χ0n) is 22.5. The van der Waals surface area contributed by atoms with Gasteiger partial charge in [-0.05, 0) is 31.7 Å². The number of ether oxygens (including phenoxy) is 1. The molecule has 1 aromatic carbocycles. The third-order valence-corrected chi connectivity index (χ3v) is 6.07. The van der Waals surface area contributed by atoms with Gasteiger partial charge in [0.15, 0.2) is 12.6 Å². The molecule has 0 spiro atoms. The number of likely N-dealkylation sites (tertiary alicyclic amines) is 1. The maximum absolute atomic E-state index is 13.0. The van der Waals surface area contributed by atoms with Crippen LogP contribution in [0.1, 0.15) is 51.1 Å². The summed E-state index contributed by atoms with van der Waals surface area (Å²) in [6.45, 7) is 2.76. The summed E-state index contributed by atoms with van der Waals surface area (Å²) in [6, 6.07) is 5.82. The summed E-state index contributed by atoms with van der Waals surface area (Å²) in [6.07, 6.45) is 1.71. The van der Waals surface area contributed by atoms with Crippen molar-refractivity contribution in [3.05, 3.63) is 35.9 Å². The Hall–Kier alpha value is -3.68. The predicted octanol–water partition coefficient (Wildman–Crippen LogP) is -0.481. The average molecular weight is 548 g/mol. The van der Waals surface area contributed by atoms with Crippen LogP contribution in [0.15, 0.2) is 30.3 Å². The van der Waals surface area contributed by atoms with E-state index in [1.165, 1.54) is 18.9 Å². The second kappa shape index (κ2) is 16.3. The van der Waals surface area contributed by atoms with Gasteiger partial charge in [-0.15, -0.1) is 0 Å². The highest BCUT2D eigenvalue weighted by atomic mass is 16.7. The van der Waals surface area contributed by atoms with E-state index in [2.05, 4.69) is 21.4 Å². The number of hydrogen-bond acceptors (Lipinski definition) is 9. The first-order valence-corrected chi connectivity index (χ1v) is 12.8. The highest BCUT2D eigenvalue weighted by Gasteiger charge is 2.36. The topological polar surface area (TPSA) is 172 Å². The number of ketones is 2. The summed E-state index contributed by atoms with van der Waals surface area (Å²) < 4.78 is 4.72. The normalized spacial score (nSPS) is 16.2. The Labute approximate surface area is 227 Å². The number of amides is 4. The Morgan fingerprint density at radius 1 is 1.05 bits per heavy atom. The number of carbonyl (C=O) groups is 6. The maximum Gasteiger partial charge on any atom is 0.290 e. The van der Waals surface area contributed by atoms with Crippen LogP contribution in [0.3, 0.4) is 0 Å². The molecule has 0 aromatic heterocycles. The molecule has 1 aliphatic heterocycles. The smallest absolute Gasteiger partial charge is 0.290 e. The molecule has 1 aromatic rings. The summed E-state index contributed by atoms with van der Waals surface area (Å²) >= 11 is 0. The molecule has 2 rings (SSSR count). The highest BCUT2D eigenvalue weighted by Crippen LogP contribution is 2.18. The zero-order chi connectivity index (χ0) is 28.8. The van der Waals surface area contributed by atoms with Gasteiger partial charge in [0.25, 0.3) is 5.91 Å². The number of hydrogen-bond donors (Lipinski definition) is 4. The number of benzene rings is 1. The molecule has 2 unspecified atom stereocenters. The number of nitrogens with zero attached hydrogens (tertiary/aromatic N) is 1. The van der Waals surface area contributed by atoms with Crippen LogP contribution in [-0.4, -0.2) is 85.7 Å². The molecule has 0 saturated carbocycles. The van der Waals surface area contributed by atoms with E-state index >= 15 is 0 Å². The molecule has 1 heterocycles. The first-order valence-electron chi connectivity index (χ1n) is 12.8. The quantitative estimate of drug-likeness (QED) is 0.0923. The molecular weight excluding hydrogens is 510 g/mol. The molecule has 1 fully saturated rings. The van der Waals surface area contributed by atoms with Crippen LogP contribution < -0.4 is 21.4 Å². The van der Waals surface area contributed by atoms with Gasteiger partial charge in [0.1, 0.15) is 18.6 Å². The van der Waals surface area contributed by atoms with Crippen molar-refractivity contribution >= 4 is 35.2 Å². The maximum atomic E-state index is 13.0. The van der Waals surface area contributed by atoms with Crippen molar-refractivity contribution in [3.8, 4) is 0 Å². The Kier molecular flexibility index (Phi) is 13.2. The molecule has 4 amide bonds. The first-order chi connectivity index (χ1) is 18.7. The zero-order valence-corrected chi connectivity index (χ0v) is 22.5. The molecule has 0 bridgehead atoms. The van der Waals surface area contributed by atoms with Crippen LogP contribution in [0.4, 0.5) is 0 Å². The lowest BCUT2D eigenvalue weighted by atomic mass is 10.0. The third-order valence-electron chi connectivity index (χ3n) is 6.07. The number of carbonyl (C=O) groups excluding carboxylic acids is 6. The number of hydroxylamine groups is 1. The Morgan fingerprint density at radius 3 is 2.41 bits per heavy atom. The average Bonchev–Trinajstić information content (AvgIpc) is 3.42. The SMILES string of the molecule is CCCC(NC(=O)[C@@H]1CCCN1C(=O)CNOCOC)C(=O)C(=O)NCC(=O)NC(C(C)=O)c1ccccc1. The second-order valence-electron chi connectivity index (χ2n) is 9.04. The predicted molar refractivity (Wildman–Crippen MR) is 139 cm³/mol. The minimum absolute atomic E-state index is 0.0495. The van der Waals surface area contributed by atoms with Gasteiger partial charge in [-0.25, -0.2) is 0 Å². The van der Waals surface area contributed by atoms with E-state index in [-0.39, 0.29) is 31.4 Å². The lowest BCUT2D eigenvalue weighted by Gasteiger charge is -2.26. The number of Topliss-reactive ketones (excluding diaryl/α,β-unsaturated/α-hetero) is 2. The lowest BCUT2D eigenvalue weighted by Crippen LogP contribution is -2.54. The van der Waals surface area contributed by atoms with Crippen molar-refractivity contribution < 1.29 is 38.3 Å². The van der Waals surface area contributed by atoms with E-state index in [1.807, 2.05) is 0 Å². The van der Waals surface area contributed by atoms with Gasteiger partial charge in [0.05, 0.1) is 12.6 Å². The molecule has 1 saturated heterocycles. The molecule has 214 valence electrons. The van der Waals surface area contributed by atoms with Gasteiger partial charge in [-0.2, -0.15) is 5.48 Å². The van der Waals surface area contributed by atoms with Crippen LogP contribution in [0.5, 0.6) is 0 Å². The van der Waals surface area contributed by atoms with Crippen LogP contribution in [0.2, 0.25) is 0 Å². The lowest BCUT2D eigenvalue weighted by molar-refractivity contribution is -0.144. The largest absolute Gasteiger partial charge is 0.357 e. The van der Waals surface area contributed by atoms with Gasteiger partial charge < -0.3 is 25.6 Å². The summed E-state index contributed by atoms with van der Waals surface area (Å²) in [5.41, 5.74) is 3.05. The first kappa shape index (κ1) is 31.5. The van der Waals surface area contributed by atoms with Crippen molar-refractivity contribution in [1.82, 2.24) is 26.3 Å². The minimum Gasteiger partial charge on any atom is -0.357 e. The van der Waals surface area contributed by atoms with Crippen molar-refractivity contribution in [2.24, 2.45) is 0 Å². The van der Waals surface area contributed by atoms with Crippen molar-refractivity contribution in [1.29, 1.82) is 0 Å². The van der Waals surface area contributed by atoms with Crippen LogP contribution in [-0.2, 0) is 38.3 Å². The Bertz CT molecular complexity index is 1020. The van der Waals surface area contributed by atoms with E-state index in [1.54, 1.807) is 37.3 Å². The van der Waals surface area contributed by atoms with Crippen LogP contribution in [0.25, 0.3) is 0 Å². The number of nitrogens with one attached hydrogen (secondary N) is 4. The highest BCUT2D eigenvalue weighted by molar-refractivity contribution is 6.38. The minimum atomic E-state index is -1.12. The van der Waals surface area contributed by atoms with E-state index in [0.717, 1.165) is 0 Å². The van der Waals surface area contributed by atoms with Crippen molar-refractivity contribution in [2.45, 2.75) is 57.7 Å².